The summed E-state index contributed by atoms with van der Waals surface area (Å²) in [6, 6.07) is 14.6. The van der Waals surface area contributed by atoms with E-state index < -0.39 is 0 Å². The molecule has 1 fully saturated rings. The zero-order chi connectivity index (χ0) is 25.3. The van der Waals surface area contributed by atoms with E-state index in [-0.39, 0.29) is 11.0 Å². The molecule has 4 aromatic rings. The first-order valence-corrected chi connectivity index (χ1v) is 14.1. The fourth-order valence-electron chi connectivity index (χ4n) is 7.75. The molecule has 0 radical (unpaired) electrons. The van der Waals surface area contributed by atoms with Crippen LogP contribution in [0.2, 0.25) is 0 Å². The van der Waals surface area contributed by atoms with Crippen molar-refractivity contribution in [2.24, 2.45) is 11.8 Å². The van der Waals surface area contributed by atoms with E-state index in [0.29, 0.717) is 24.3 Å². The average molecular weight is 513 g/mol. The molecule has 190 valence electrons. The Bertz CT molecular complexity index is 1570. The number of hydrogen-bond donors (Lipinski definition) is 0. The molecule has 2 heterocycles. The lowest BCUT2D eigenvalue weighted by atomic mass is 9.55. The van der Waals surface area contributed by atoms with Crippen molar-refractivity contribution in [3.8, 4) is 11.5 Å². The Balaban J connectivity index is 1.25. The van der Waals surface area contributed by atoms with Gasteiger partial charge in [0.2, 0.25) is 0 Å². The molecule has 4 atom stereocenters. The lowest BCUT2D eigenvalue weighted by Crippen LogP contribution is -2.43. The molecular weight excluding hydrogens is 480 g/mol. The largest absolute Gasteiger partial charge is 0.497 e. The molecule has 0 N–H and O–H groups in total. The lowest BCUT2D eigenvalue weighted by Gasteiger charge is -2.49. The third-order valence-corrected chi connectivity index (χ3v) is 10.7. The van der Waals surface area contributed by atoms with Gasteiger partial charge in [0.25, 0.3) is 5.56 Å². The van der Waals surface area contributed by atoms with Crippen LogP contribution in [0.25, 0.3) is 10.2 Å². The number of aromatic nitrogens is 2. The zero-order valence-electron chi connectivity index (χ0n) is 21.6. The summed E-state index contributed by atoms with van der Waals surface area (Å²) in [5.74, 6) is 3.64. The molecule has 0 spiro atoms. The van der Waals surface area contributed by atoms with E-state index in [1.165, 1.54) is 34.4 Å². The molecule has 0 unspecified atom stereocenters. The minimum atomic E-state index is 0.0405. The third kappa shape index (κ3) is 3.41. The Hall–Kier alpha value is -3.12. The minimum absolute atomic E-state index is 0.0405. The Morgan fingerprint density at radius 1 is 1.08 bits per heavy atom. The van der Waals surface area contributed by atoms with Crippen LogP contribution in [0.5, 0.6) is 11.5 Å². The Labute approximate surface area is 221 Å². The summed E-state index contributed by atoms with van der Waals surface area (Å²) in [6.45, 7) is 2.96. The van der Waals surface area contributed by atoms with Gasteiger partial charge in [-0.05, 0) is 102 Å². The molecular formula is C31H32N2O3S. The van der Waals surface area contributed by atoms with Crippen LogP contribution >= 0.6 is 11.3 Å². The van der Waals surface area contributed by atoms with Gasteiger partial charge < -0.3 is 9.47 Å². The summed E-state index contributed by atoms with van der Waals surface area (Å²) in [5.41, 5.74) is 5.52. The fraction of sp³-hybridized carbons (Fsp3) is 0.419. The van der Waals surface area contributed by atoms with Crippen molar-refractivity contribution in [2.75, 3.05) is 14.2 Å². The average Bonchev–Trinajstić information content (AvgIpc) is 3.44. The number of ether oxygens (including phenoxy) is 2. The number of benzene rings is 2. The van der Waals surface area contributed by atoms with Crippen molar-refractivity contribution >= 4 is 21.6 Å². The van der Waals surface area contributed by atoms with Crippen molar-refractivity contribution < 1.29 is 9.47 Å². The maximum atomic E-state index is 13.9. The smallest absolute Gasteiger partial charge is 0.262 e. The molecule has 7 rings (SSSR count). The molecule has 6 heteroatoms. The van der Waals surface area contributed by atoms with Crippen LogP contribution in [0, 0.1) is 11.8 Å². The van der Waals surface area contributed by atoms with Gasteiger partial charge in [-0.25, -0.2) is 4.98 Å². The molecule has 0 aliphatic heterocycles. The van der Waals surface area contributed by atoms with Crippen molar-refractivity contribution in [3.05, 3.63) is 86.3 Å². The molecule has 5 nitrogen and oxygen atoms in total. The van der Waals surface area contributed by atoms with Gasteiger partial charge in [-0.2, -0.15) is 0 Å². The van der Waals surface area contributed by atoms with Crippen LogP contribution in [-0.2, 0) is 24.8 Å². The first kappa shape index (κ1) is 23.0. The fourth-order valence-corrected chi connectivity index (χ4v) is 9.08. The van der Waals surface area contributed by atoms with Crippen LogP contribution in [-0.4, -0.2) is 23.8 Å². The van der Waals surface area contributed by atoms with E-state index in [4.69, 9.17) is 14.5 Å². The van der Waals surface area contributed by atoms with Crippen LogP contribution < -0.4 is 15.0 Å². The standard InChI is InChI=1S/C31H32N2O3S/c1-31-13-12-23-22-11-9-21(36-3)14-19(22)6-10-24(23)25(31)15-26-28(31)27-29(37-26)32-17-33(30(27)34)16-18-4-7-20(35-2)8-5-18/h4-5,7-9,11,14,17,23-25H,6,10,12-13,15-16H2,1-3H3/t23-,24-,25-,31+/m0/s1. The quantitative estimate of drug-likeness (QED) is 0.332. The number of rotatable bonds is 4. The zero-order valence-corrected chi connectivity index (χ0v) is 22.4. The van der Waals surface area contributed by atoms with Crippen molar-refractivity contribution in [3.63, 3.8) is 0 Å². The second-order valence-corrected chi connectivity index (χ2v) is 12.3. The van der Waals surface area contributed by atoms with Crippen molar-refractivity contribution in [2.45, 2.75) is 56.9 Å². The van der Waals surface area contributed by atoms with Gasteiger partial charge in [0, 0.05) is 4.88 Å². The molecule has 0 amide bonds. The second-order valence-electron chi connectivity index (χ2n) is 11.2. The number of hydrogen-bond acceptors (Lipinski definition) is 5. The highest BCUT2D eigenvalue weighted by molar-refractivity contribution is 7.18. The summed E-state index contributed by atoms with van der Waals surface area (Å²) >= 11 is 1.76. The molecule has 37 heavy (non-hydrogen) atoms. The molecule has 0 bridgehead atoms. The highest BCUT2D eigenvalue weighted by Crippen LogP contribution is 2.62. The summed E-state index contributed by atoms with van der Waals surface area (Å²) in [6.07, 6.45) is 7.44. The SMILES string of the molecule is COc1ccc(Cn2cnc3sc4c(c3c2=O)[C@]2(C)CC[C@H]3c5ccc(OC)cc5CC[C@@H]3[C@@H]2C4)cc1. The van der Waals surface area contributed by atoms with Gasteiger partial charge in [-0.3, -0.25) is 9.36 Å². The first-order chi connectivity index (χ1) is 18.0. The van der Waals surface area contributed by atoms with E-state index in [0.717, 1.165) is 46.5 Å². The number of aryl methyl sites for hydroxylation is 1. The summed E-state index contributed by atoms with van der Waals surface area (Å²) < 4.78 is 12.6. The molecule has 0 saturated heterocycles. The van der Waals surface area contributed by atoms with Crippen LogP contribution in [0.3, 0.4) is 0 Å². The lowest BCUT2D eigenvalue weighted by molar-refractivity contribution is 0.106. The molecule has 2 aromatic heterocycles. The van der Waals surface area contributed by atoms with E-state index in [9.17, 15) is 4.79 Å². The number of thiophene rings is 1. The van der Waals surface area contributed by atoms with Crippen LogP contribution in [0.15, 0.2) is 53.6 Å². The van der Waals surface area contributed by atoms with Gasteiger partial charge in [0.1, 0.15) is 16.3 Å². The third-order valence-electron chi connectivity index (χ3n) is 9.56. The van der Waals surface area contributed by atoms with Gasteiger partial charge in [0.15, 0.2) is 0 Å². The minimum Gasteiger partial charge on any atom is -0.497 e. The molecule has 3 aliphatic carbocycles. The van der Waals surface area contributed by atoms with E-state index in [2.05, 4.69) is 25.1 Å². The summed E-state index contributed by atoms with van der Waals surface area (Å²) in [5, 5.41) is 0.875. The maximum absolute atomic E-state index is 13.9. The molecule has 2 aromatic carbocycles. The van der Waals surface area contributed by atoms with E-state index in [1.54, 1.807) is 36.5 Å². The van der Waals surface area contributed by atoms with Gasteiger partial charge in [-0.1, -0.05) is 25.1 Å². The van der Waals surface area contributed by atoms with Crippen molar-refractivity contribution in [1.82, 2.24) is 9.55 Å². The summed E-state index contributed by atoms with van der Waals surface area (Å²) in [4.78, 5) is 21.0. The normalized spacial score (nSPS) is 25.8. The monoisotopic (exact) mass is 512 g/mol. The van der Waals surface area contributed by atoms with Gasteiger partial charge in [-0.15, -0.1) is 11.3 Å². The van der Waals surface area contributed by atoms with E-state index in [1.807, 2.05) is 24.3 Å². The molecule has 3 aliphatic rings. The van der Waals surface area contributed by atoms with Crippen LogP contribution in [0.1, 0.15) is 59.2 Å². The first-order valence-electron chi connectivity index (χ1n) is 13.3. The predicted molar refractivity (Wildman–Crippen MR) is 147 cm³/mol. The highest BCUT2D eigenvalue weighted by Gasteiger charge is 2.54. The number of methoxy groups -OCH3 is 2. The van der Waals surface area contributed by atoms with Crippen molar-refractivity contribution in [1.29, 1.82) is 0 Å². The highest BCUT2D eigenvalue weighted by atomic mass is 32.1. The van der Waals surface area contributed by atoms with E-state index >= 15 is 0 Å². The van der Waals surface area contributed by atoms with Crippen LogP contribution in [0.4, 0.5) is 0 Å². The number of fused-ring (bicyclic) bond motifs is 9. The Kier molecular flexibility index (Phi) is 5.26. The number of nitrogens with zero attached hydrogens (tertiary/aromatic N) is 2. The Morgan fingerprint density at radius 3 is 2.65 bits per heavy atom. The van der Waals surface area contributed by atoms with Gasteiger partial charge in [0.05, 0.1) is 32.5 Å². The summed E-state index contributed by atoms with van der Waals surface area (Å²) in [7, 11) is 3.42. The Morgan fingerprint density at radius 2 is 1.86 bits per heavy atom. The van der Waals surface area contributed by atoms with Gasteiger partial charge >= 0.3 is 0 Å². The topological polar surface area (TPSA) is 53.4 Å². The maximum Gasteiger partial charge on any atom is 0.262 e. The molecule has 1 saturated carbocycles. The second kappa shape index (κ2) is 8.45. The predicted octanol–water partition coefficient (Wildman–Crippen LogP) is 6.09.